The molecule has 4 nitrogen and oxygen atoms in total. The number of hydrogen-bond donors (Lipinski definition) is 0. The van der Waals surface area contributed by atoms with Crippen LogP contribution in [0, 0.1) is 20.8 Å². The predicted molar refractivity (Wildman–Crippen MR) is 112 cm³/mol. The van der Waals surface area contributed by atoms with Gasteiger partial charge in [-0.15, -0.1) is 11.3 Å². The number of rotatable bonds is 5. The fraction of sp³-hybridized carbons (Fsp3) is 0.190. The maximum atomic E-state index is 12.9. The van der Waals surface area contributed by atoms with Crippen molar-refractivity contribution in [2.75, 3.05) is 5.75 Å². The van der Waals surface area contributed by atoms with E-state index in [4.69, 9.17) is 0 Å². The number of aromatic nitrogens is 3. The van der Waals surface area contributed by atoms with Crippen LogP contribution in [-0.4, -0.2) is 26.1 Å². The number of carbonyl (C=O) groups is 1. The van der Waals surface area contributed by atoms with Crippen molar-refractivity contribution in [3.63, 3.8) is 0 Å². The van der Waals surface area contributed by atoms with Gasteiger partial charge in [-0.1, -0.05) is 30.0 Å². The summed E-state index contributed by atoms with van der Waals surface area (Å²) in [6, 6.07) is 14.1. The van der Waals surface area contributed by atoms with Crippen LogP contribution in [0.2, 0.25) is 0 Å². The summed E-state index contributed by atoms with van der Waals surface area (Å²) in [5, 5.41) is 3.92. The van der Waals surface area contributed by atoms with E-state index >= 15 is 0 Å². The van der Waals surface area contributed by atoms with Crippen molar-refractivity contribution in [1.29, 1.82) is 0 Å². The Bertz CT molecular complexity index is 1130. The van der Waals surface area contributed by atoms with Gasteiger partial charge in [0.1, 0.15) is 15.7 Å². The monoisotopic (exact) mass is 393 g/mol. The van der Waals surface area contributed by atoms with Crippen molar-refractivity contribution in [2.24, 2.45) is 0 Å². The molecule has 0 aliphatic rings. The summed E-state index contributed by atoms with van der Waals surface area (Å²) in [6.07, 6.45) is 0. The second-order valence-electron chi connectivity index (χ2n) is 6.38. The molecule has 0 fully saturated rings. The smallest absolute Gasteiger partial charge is 0.174 e. The van der Waals surface area contributed by atoms with Gasteiger partial charge in [0.15, 0.2) is 5.78 Å². The molecule has 0 aliphatic carbocycles. The van der Waals surface area contributed by atoms with E-state index in [2.05, 4.69) is 26.7 Å². The summed E-state index contributed by atoms with van der Waals surface area (Å²) in [5.41, 5.74) is 3.89. The SMILES string of the molecule is Cc1nc(SCC(=O)c2cc(C)n(-c3ccccc3)c2C)c2ccsc2n1. The second-order valence-corrected chi connectivity index (χ2v) is 8.24. The van der Waals surface area contributed by atoms with Crippen LogP contribution in [0.1, 0.15) is 27.6 Å². The zero-order chi connectivity index (χ0) is 19.0. The quantitative estimate of drug-likeness (QED) is 0.259. The Kier molecular flexibility index (Phi) is 4.85. The van der Waals surface area contributed by atoms with Gasteiger partial charge >= 0.3 is 0 Å². The van der Waals surface area contributed by atoms with Crippen molar-refractivity contribution >= 4 is 39.1 Å². The van der Waals surface area contributed by atoms with Crippen LogP contribution in [0.5, 0.6) is 0 Å². The van der Waals surface area contributed by atoms with Crippen molar-refractivity contribution < 1.29 is 4.79 Å². The molecule has 6 heteroatoms. The number of carbonyl (C=O) groups excluding carboxylic acids is 1. The molecule has 27 heavy (non-hydrogen) atoms. The average molecular weight is 394 g/mol. The van der Waals surface area contributed by atoms with Crippen LogP contribution in [0.3, 0.4) is 0 Å². The van der Waals surface area contributed by atoms with Crippen molar-refractivity contribution in [2.45, 2.75) is 25.8 Å². The third-order valence-corrected chi connectivity index (χ3v) is 6.29. The van der Waals surface area contributed by atoms with Gasteiger partial charge in [-0.2, -0.15) is 0 Å². The largest absolute Gasteiger partial charge is 0.318 e. The first-order chi connectivity index (χ1) is 13.0. The maximum absolute atomic E-state index is 12.9. The molecule has 0 spiro atoms. The topological polar surface area (TPSA) is 47.8 Å². The fourth-order valence-corrected chi connectivity index (χ4v) is 5.09. The lowest BCUT2D eigenvalue weighted by Gasteiger charge is -2.09. The van der Waals surface area contributed by atoms with E-state index in [-0.39, 0.29) is 5.78 Å². The molecule has 136 valence electrons. The summed E-state index contributed by atoms with van der Waals surface area (Å²) < 4.78 is 2.13. The lowest BCUT2D eigenvalue weighted by Crippen LogP contribution is -2.06. The maximum Gasteiger partial charge on any atom is 0.174 e. The number of nitrogens with zero attached hydrogens (tertiary/aromatic N) is 3. The Morgan fingerprint density at radius 1 is 1.11 bits per heavy atom. The number of thioether (sulfide) groups is 1. The molecule has 0 N–H and O–H groups in total. The van der Waals surface area contributed by atoms with Gasteiger partial charge in [0, 0.05) is 28.0 Å². The number of para-hydroxylation sites is 1. The van der Waals surface area contributed by atoms with Crippen LogP contribution >= 0.6 is 23.1 Å². The Morgan fingerprint density at radius 2 is 1.89 bits per heavy atom. The van der Waals surface area contributed by atoms with E-state index in [9.17, 15) is 4.79 Å². The third kappa shape index (κ3) is 3.42. The van der Waals surface area contributed by atoms with Gasteiger partial charge in [0.2, 0.25) is 0 Å². The molecule has 3 heterocycles. The molecule has 0 saturated carbocycles. The molecule has 1 aromatic carbocycles. The predicted octanol–water partition coefficient (Wildman–Crippen LogP) is 5.38. The number of benzene rings is 1. The molecule has 0 aliphatic heterocycles. The highest BCUT2D eigenvalue weighted by molar-refractivity contribution is 8.00. The van der Waals surface area contributed by atoms with Crippen LogP contribution in [0.25, 0.3) is 15.9 Å². The van der Waals surface area contributed by atoms with E-state index in [0.29, 0.717) is 5.75 Å². The third-order valence-electron chi connectivity index (χ3n) is 4.49. The lowest BCUT2D eigenvalue weighted by molar-refractivity contribution is 0.102. The van der Waals surface area contributed by atoms with Gasteiger partial charge in [-0.05, 0) is 50.4 Å². The molecule has 0 amide bonds. The Morgan fingerprint density at radius 3 is 2.67 bits per heavy atom. The minimum Gasteiger partial charge on any atom is -0.318 e. The van der Waals surface area contributed by atoms with Gasteiger partial charge in [0.25, 0.3) is 0 Å². The van der Waals surface area contributed by atoms with Gasteiger partial charge in [-0.25, -0.2) is 9.97 Å². The molecule has 0 bridgehead atoms. The van der Waals surface area contributed by atoms with E-state index < -0.39 is 0 Å². The second kappa shape index (κ2) is 7.29. The Balaban J connectivity index is 1.60. The highest BCUT2D eigenvalue weighted by atomic mass is 32.2. The molecule has 0 saturated heterocycles. The number of Topliss-reactive ketones (excluding diaryl/α,β-unsaturated/α-hetero) is 1. The van der Waals surface area contributed by atoms with Crippen LogP contribution in [-0.2, 0) is 0 Å². The molecule has 4 aromatic rings. The van der Waals surface area contributed by atoms with E-state index in [1.165, 1.54) is 11.8 Å². The summed E-state index contributed by atoms with van der Waals surface area (Å²) >= 11 is 3.09. The van der Waals surface area contributed by atoms with Crippen LogP contribution in [0.15, 0.2) is 52.9 Å². The van der Waals surface area contributed by atoms with Crippen molar-refractivity contribution in [3.05, 3.63) is 70.6 Å². The molecule has 4 rings (SSSR count). The highest BCUT2D eigenvalue weighted by Crippen LogP contribution is 2.30. The average Bonchev–Trinajstić information content (AvgIpc) is 3.24. The first-order valence-corrected chi connectivity index (χ1v) is 10.5. The minimum absolute atomic E-state index is 0.120. The molecule has 0 unspecified atom stereocenters. The Labute approximate surface area is 166 Å². The summed E-state index contributed by atoms with van der Waals surface area (Å²) in [7, 11) is 0. The highest BCUT2D eigenvalue weighted by Gasteiger charge is 2.18. The van der Waals surface area contributed by atoms with Crippen LogP contribution < -0.4 is 0 Å². The zero-order valence-electron chi connectivity index (χ0n) is 15.4. The molecule has 0 atom stereocenters. The van der Waals surface area contributed by atoms with E-state index in [0.717, 1.165) is 43.7 Å². The number of hydrogen-bond acceptors (Lipinski definition) is 5. The number of ketones is 1. The van der Waals surface area contributed by atoms with Gasteiger partial charge in [0.05, 0.1) is 5.75 Å². The van der Waals surface area contributed by atoms with Crippen molar-refractivity contribution in [3.8, 4) is 5.69 Å². The molecular formula is C21H19N3OS2. The lowest BCUT2D eigenvalue weighted by atomic mass is 10.2. The summed E-state index contributed by atoms with van der Waals surface area (Å²) in [5.74, 6) is 1.22. The number of aryl methyl sites for hydroxylation is 2. The zero-order valence-corrected chi connectivity index (χ0v) is 17.0. The summed E-state index contributed by atoms with van der Waals surface area (Å²) in [4.78, 5) is 22.9. The molecular weight excluding hydrogens is 374 g/mol. The first-order valence-electron chi connectivity index (χ1n) is 8.67. The molecule has 3 aromatic heterocycles. The first kappa shape index (κ1) is 17.9. The summed E-state index contributed by atoms with van der Waals surface area (Å²) in [6.45, 7) is 5.93. The van der Waals surface area contributed by atoms with Gasteiger partial charge in [-0.3, -0.25) is 4.79 Å². The minimum atomic E-state index is 0.120. The normalized spacial score (nSPS) is 11.2. The van der Waals surface area contributed by atoms with Crippen molar-refractivity contribution in [1.82, 2.24) is 14.5 Å². The molecule has 0 radical (unpaired) electrons. The Hall–Kier alpha value is -2.44. The van der Waals surface area contributed by atoms with Gasteiger partial charge < -0.3 is 4.57 Å². The fourth-order valence-electron chi connectivity index (χ4n) is 3.27. The van der Waals surface area contributed by atoms with Crippen LogP contribution in [0.4, 0.5) is 0 Å². The standard InChI is InChI=1S/C21H19N3OS2/c1-13-11-18(14(2)24(13)16-7-5-4-6-8-16)19(25)12-27-21-17-9-10-26-20(17)22-15(3)23-21/h4-11H,12H2,1-3H3. The van der Waals surface area contributed by atoms with E-state index in [1.807, 2.05) is 56.5 Å². The van der Waals surface area contributed by atoms with E-state index in [1.54, 1.807) is 11.3 Å². The number of fused-ring (bicyclic) bond motifs is 1. The number of thiophene rings is 1.